The zero-order chi connectivity index (χ0) is 18.1. The Kier molecular flexibility index (Phi) is 7.35. The summed E-state index contributed by atoms with van der Waals surface area (Å²) < 4.78 is 21.8. The fourth-order valence-corrected chi connectivity index (χ4v) is 2.39. The van der Waals surface area contributed by atoms with Gasteiger partial charge in [-0.3, -0.25) is 4.79 Å². The third-order valence-electron chi connectivity index (χ3n) is 3.56. The van der Waals surface area contributed by atoms with E-state index in [9.17, 15) is 4.79 Å². The highest BCUT2D eigenvalue weighted by molar-refractivity contribution is 5.78. The maximum atomic E-state index is 12.3. The van der Waals surface area contributed by atoms with Crippen molar-refractivity contribution < 1.29 is 23.4 Å². The van der Waals surface area contributed by atoms with Crippen molar-refractivity contribution in [2.75, 3.05) is 26.9 Å². The van der Waals surface area contributed by atoms with Crippen molar-refractivity contribution >= 4 is 5.91 Å². The molecule has 0 bridgehead atoms. The molecule has 0 spiro atoms. The number of amides is 1. The van der Waals surface area contributed by atoms with Gasteiger partial charge < -0.3 is 23.9 Å². The van der Waals surface area contributed by atoms with Gasteiger partial charge in [-0.15, -0.1) is 0 Å². The number of carbonyl (C=O) groups is 1. The molecule has 0 saturated carbocycles. The van der Waals surface area contributed by atoms with E-state index in [1.165, 1.54) is 0 Å². The van der Waals surface area contributed by atoms with Gasteiger partial charge in [-0.1, -0.05) is 12.1 Å². The second kappa shape index (κ2) is 9.74. The van der Waals surface area contributed by atoms with E-state index in [0.717, 1.165) is 5.76 Å². The normalized spacial score (nSPS) is 11.8. The number of rotatable bonds is 10. The molecule has 25 heavy (non-hydrogen) atoms. The first-order valence-corrected chi connectivity index (χ1v) is 8.33. The number of ether oxygens (including phenoxy) is 3. The van der Waals surface area contributed by atoms with Gasteiger partial charge >= 0.3 is 0 Å². The molecular formula is C19H25NO5. The van der Waals surface area contributed by atoms with Gasteiger partial charge in [0.15, 0.2) is 18.1 Å². The molecule has 136 valence electrons. The molecule has 0 aliphatic heterocycles. The first kappa shape index (κ1) is 18.9. The van der Waals surface area contributed by atoms with Crippen molar-refractivity contribution in [3.8, 4) is 11.5 Å². The quantitative estimate of drug-likeness (QED) is 0.714. The summed E-state index contributed by atoms with van der Waals surface area (Å²) in [5.74, 6) is 2.44. The fourth-order valence-electron chi connectivity index (χ4n) is 2.39. The van der Waals surface area contributed by atoms with Crippen molar-refractivity contribution in [1.82, 2.24) is 5.32 Å². The van der Waals surface area contributed by atoms with Crippen LogP contribution in [0.25, 0.3) is 0 Å². The maximum Gasteiger partial charge on any atom is 0.258 e. The number of nitrogens with one attached hydrogen (secondary N) is 1. The molecule has 0 radical (unpaired) electrons. The van der Waals surface area contributed by atoms with E-state index in [2.05, 4.69) is 5.32 Å². The van der Waals surface area contributed by atoms with Gasteiger partial charge in [0.25, 0.3) is 5.91 Å². The minimum absolute atomic E-state index is 0.104. The predicted molar refractivity (Wildman–Crippen MR) is 93.9 cm³/mol. The number of benzene rings is 1. The number of para-hydroxylation sites is 2. The highest BCUT2D eigenvalue weighted by atomic mass is 16.5. The van der Waals surface area contributed by atoms with Crippen LogP contribution in [0.3, 0.4) is 0 Å². The molecule has 1 N–H and O–H groups in total. The number of aryl methyl sites for hydroxylation is 1. The Balaban J connectivity index is 1.94. The molecule has 0 saturated heterocycles. The minimum Gasteiger partial charge on any atom is -0.490 e. The molecule has 1 aromatic carbocycles. The lowest BCUT2D eigenvalue weighted by atomic mass is 10.1. The maximum absolute atomic E-state index is 12.3. The summed E-state index contributed by atoms with van der Waals surface area (Å²) in [7, 11) is 1.63. The number of carbonyl (C=O) groups excluding carboxylic acids is 1. The Bertz CT molecular complexity index is 667. The minimum atomic E-state index is -0.258. The predicted octanol–water partition coefficient (Wildman–Crippen LogP) is 3.26. The Labute approximate surface area is 148 Å². The van der Waals surface area contributed by atoms with Crippen LogP contribution < -0.4 is 14.8 Å². The molecule has 2 aromatic rings. The zero-order valence-corrected chi connectivity index (χ0v) is 14.9. The average Bonchev–Trinajstić information content (AvgIpc) is 3.04. The standard InChI is InChI=1S/C19H25NO5/c1-4-23-17-7-5-6-8-18(17)24-13-19(21)20-15(11-12-22-3)16-10-9-14(2)25-16/h5-10,15H,4,11-13H2,1-3H3,(H,20,21)/t15-/m0/s1. The zero-order valence-electron chi connectivity index (χ0n) is 14.9. The largest absolute Gasteiger partial charge is 0.490 e. The Morgan fingerprint density at radius 3 is 2.48 bits per heavy atom. The van der Waals surface area contributed by atoms with Crippen LogP contribution in [0, 0.1) is 6.92 Å². The molecule has 1 aromatic heterocycles. The van der Waals surface area contributed by atoms with Crippen LogP contribution in [0.4, 0.5) is 0 Å². The van der Waals surface area contributed by atoms with Crippen LogP contribution in [-0.2, 0) is 9.53 Å². The van der Waals surface area contributed by atoms with Gasteiger partial charge in [-0.25, -0.2) is 0 Å². The lowest BCUT2D eigenvalue weighted by Gasteiger charge is -2.17. The second-order valence-corrected chi connectivity index (χ2v) is 5.52. The smallest absolute Gasteiger partial charge is 0.258 e. The van der Waals surface area contributed by atoms with E-state index in [1.807, 2.05) is 44.2 Å². The molecule has 2 rings (SSSR count). The molecule has 1 amide bonds. The number of hydrogen-bond donors (Lipinski definition) is 1. The van der Waals surface area contributed by atoms with E-state index in [4.69, 9.17) is 18.6 Å². The van der Waals surface area contributed by atoms with Gasteiger partial charge in [0.05, 0.1) is 12.6 Å². The summed E-state index contributed by atoms with van der Waals surface area (Å²) in [6, 6.07) is 10.8. The summed E-state index contributed by atoms with van der Waals surface area (Å²) >= 11 is 0. The molecule has 1 atom stereocenters. The summed E-state index contributed by atoms with van der Waals surface area (Å²) in [4.78, 5) is 12.3. The summed E-state index contributed by atoms with van der Waals surface area (Å²) in [5.41, 5.74) is 0. The van der Waals surface area contributed by atoms with E-state index in [1.54, 1.807) is 13.2 Å². The van der Waals surface area contributed by atoms with Gasteiger partial charge in [-0.05, 0) is 44.5 Å². The van der Waals surface area contributed by atoms with Crippen molar-refractivity contribution in [2.24, 2.45) is 0 Å². The lowest BCUT2D eigenvalue weighted by Crippen LogP contribution is -2.33. The van der Waals surface area contributed by atoms with Crippen LogP contribution in [-0.4, -0.2) is 32.8 Å². The molecular weight excluding hydrogens is 322 g/mol. The Morgan fingerprint density at radius 2 is 1.88 bits per heavy atom. The molecule has 0 unspecified atom stereocenters. The summed E-state index contributed by atoms with van der Waals surface area (Å²) in [5, 5.41) is 2.92. The van der Waals surface area contributed by atoms with Crippen LogP contribution in [0.5, 0.6) is 11.5 Å². The first-order valence-electron chi connectivity index (χ1n) is 8.33. The second-order valence-electron chi connectivity index (χ2n) is 5.52. The molecule has 6 nitrogen and oxygen atoms in total. The van der Waals surface area contributed by atoms with Crippen molar-refractivity contribution in [2.45, 2.75) is 26.3 Å². The van der Waals surface area contributed by atoms with Crippen LogP contribution in [0.15, 0.2) is 40.8 Å². The van der Waals surface area contributed by atoms with E-state index < -0.39 is 0 Å². The van der Waals surface area contributed by atoms with Gasteiger partial charge in [-0.2, -0.15) is 0 Å². The SMILES string of the molecule is CCOc1ccccc1OCC(=O)N[C@@H](CCOC)c1ccc(C)o1. The molecule has 0 fully saturated rings. The van der Waals surface area contributed by atoms with Crippen LogP contribution in [0.2, 0.25) is 0 Å². The number of hydrogen-bond acceptors (Lipinski definition) is 5. The third kappa shape index (κ3) is 5.83. The van der Waals surface area contributed by atoms with Gasteiger partial charge in [0, 0.05) is 13.7 Å². The molecule has 1 heterocycles. The number of furan rings is 1. The van der Waals surface area contributed by atoms with Crippen LogP contribution >= 0.6 is 0 Å². The molecule has 6 heteroatoms. The highest BCUT2D eigenvalue weighted by Gasteiger charge is 2.18. The van der Waals surface area contributed by atoms with Crippen molar-refractivity contribution in [1.29, 1.82) is 0 Å². The average molecular weight is 347 g/mol. The summed E-state index contributed by atoms with van der Waals surface area (Å²) in [6.07, 6.45) is 0.616. The Hall–Kier alpha value is -2.47. The van der Waals surface area contributed by atoms with Crippen molar-refractivity contribution in [3.63, 3.8) is 0 Å². The summed E-state index contributed by atoms with van der Waals surface area (Å²) in [6.45, 7) is 4.71. The number of methoxy groups -OCH3 is 1. The van der Waals surface area contributed by atoms with Gasteiger partial charge in [0.2, 0.25) is 0 Å². The Morgan fingerprint density at radius 1 is 1.16 bits per heavy atom. The topological polar surface area (TPSA) is 69.9 Å². The first-order chi connectivity index (χ1) is 12.1. The molecule has 0 aliphatic rings. The molecule has 0 aliphatic carbocycles. The lowest BCUT2D eigenvalue weighted by molar-refractivity contribution is -0.124. The van der Waals surface area contributed by atoms with E-state index >= 15 is 0 Å². The van der Waals surface area contributed by atoms with Crippen molar-refractivity contribution in [3.05, 3.63) is 47.9 Å². The van der Waals surface area contributed by atoms with Gasteiger partial charge in [0.1, 0.15) is 11.5 Å². The highest BCUT2D eigenvalue weighted by Crippen LogP contribution is 2.26. The van der Waals surface area contributed by atoms with Crippen LogP contribution in [0.1, 0.15) is 30.9 Å². The monoisotopic (exact) mass is 347 g/mol. The third-order valence-corrected chi connectivity index (χ3v) is 3.56. The van der Waals surface area contributed by atoms with E-state index in [0.29, 0.717) is 36.9 Å². The fraction of sp³-hybridized carbons (Fsp3) is 0.421. The van der Waals surface area contributed by atoms with E-state index in [-0.39, 0.29) is 18.6 Å².